The third-order valence-corrected chi connectivity index (χ3v) is 3.10. The Balaban J connectivity index is 1.92. The molecule has 1 aliphatic heterocycles. The van der Waals surface area contributed by atoms with E-state index in [0.29, 0.717) is 37.6 Å². The number of amides is 1. The Hall–Kier alpha value is -1.59. The minimum Gasteiger partial charge on any atom is -0.483 e. The van der Waals surface area contributed by atoms with Crippen LogP contribution in [0.5, 0.6) is 5.75 Å². The summed E-state index contributed by atoms with van der Waals surface area (Å²) in [6.07, 6.45) is 0. The zero-order valence-electron chi connectivity index (χ0n) is 11.1. The number of aryl methyl sites for hydroxylation is 1. The van der Waals surface area contributed by atoms with Crippen molar-refractivity contribution < 1.29 is 19.4 Å². The van der Waals surface area contributed by atoms with Crippen molar-refractivity contribution in [1.82, 2.24) is 4.90 Å². The molecule has 0 aromatic heterocycles. The number of carbonyl (C=O) groups excluding carboxylic acids is 1. The van der Waals surface area contributed by atoms with Crippen LogP contribution in [0.25, 0.3) is 0 Å². The van der Waals surface area contributed by atoms with E-state index in [-0.39, 0.29) is 19.1 Å². The third-order valence-electron chi connectivity index (χ3n) is 3.10. The zero-order chi connectivity index (χ0) is 13.7. The number of ether oxygens (including phenoxy) is 2. The number of carbonyl (C=O) groups is 1. The van der Waals surface area contributed by atoms with E-state index in [4.69, 9.17) is 9.47 Å². The Morgan fingerprint density at radius 1 is 1.42 bits per heavy atom. The monoisotopic (exact) mass is 265 g/mol. The zero-order valence-corrected chi connectivity index (χ0v) is 11.1. The number of nitrogens with zero attached hydrogens (tertiary/aromatic N) is 1. The summed E-state index contributed by atoms with van der Waals surface area (Å²) in [5.74, 6) is 0.516. The highest BCUT2D eigenvalue weighted by Gasteiger charge is 2.17. The van der Waals surface area contributed by atoms with Gasteiger partial charge in [-0.05, 0) is 13.0 Å². The van der Waals surface area contributed by atoms with Crippen molar-refractivity contribution >= 4 is 5.91 Å². The molecular weight excluding hydrogens is 246 g/mol. The molecule has 104 valence electrons. The predicted molar refractivity (Wildman–Crippen MR) is 70.0 cm³/mol. The number of morpholine rings is 1. The van der Waals surface area contributed by atoms with Gasteiger partial charge in [-0.15, -0.1) is 0 Å². The van der Waals surface area contributed by atoms with Crippen molar-refractivity contribution in [3.8, 4) is 5.75 Å². The van der Waals surface area contributed by atoms with Crippen molar-refractivity contribution in [2.45, 2.75) is 13.5 Å². The van der Waals surface area contributed by atoms with Crippen molar-refractivity contribution in [2.24, 2.45) is 0 Å². The van der Waals surface area contributed by atoms with Crippen LogP contribution < -0.4 is 4.74 Å². The first-order valence-corrected chi connectivity index (χ1v) is 6.39. The Morgan fingerprint density at radius 3 is 2.84 bits per heavy atom. The van der Waals surface area contributed by atoms with E-state index in [0.717, 1.165) is 5.56 Å². The molecule has 1 aromatic rings. The van der Waals surface area contributed by atoms with E-state index in [2.05, 4.69) is 0 Å². The second-order valence-corrected chi connectivity index (χ2v) is 4.55. The molecule has 1 amide bonds. The summed E-state index contributed by atoms with van der Waals surface area (Å²) in [7, 11) is 0. The van der Waals surface area contributed by atoms with Crippen molar-refractivity contribution in [3.63, 3.8) is 0 Å². The summed E-state index contributed by atoms with van der Waals surface area (Å²) < 4.78 is 10.7. The first kappa shape index (κ1) is 13.8. The van der Waals surface area contributed by atoms with E-state index in [9.17, 15) is 9.90 Å². The summed E-state index contributed by atoms with van der Waals surface area (Å²) in [4.78, 5) is 13.7. The lowest BCUT2D eigenvalue weighted by Gasteiger charge is -2.26. The number of hydrogen-bond donors (Lipinski definition) is 1. The SMILES string of the molecule is Cc1ccc(OCC(=O)N2CCOCC2)c(CO)c1. The van der Waals surface area contributed by atoms with Crippen LogP contribution in [0.4, 0.5) is 0 Å². The quantitative estimate of drug-likeness (QED) is 0.871. The fraction of sp³-hybridized carbons (Fsp3) is 0.500. The maximum Gasteiger partial charge on any atom is 0.260 e. The Morgan fingerprint density at radius 2 is 2.16 bits per heavy atom. The summed E-state index contributed by atoms with van der Waals surface area (Å²) in [6.45, 7) is 4.24. The highest BCUT2D eigenvalue weighted by Crippen LogP contribution is 2.20. The highest BCUT2D eigenvalue weighted by molar-refractivity contribution is 5.77. The van der Waals surface area contributed by atoms with E-state index in [1.54, 1.807) is 11.0 Å². The van der Waals surface area contributed by atoms with Crippen LogP contribution in [0.15, 0.2) is 18.2 Å². The standard InChI is InChI=1S/C14H19NO4/c1-11-2-3-13(12(8-11)9-16)19-10-14(17)15-4-6-18-7-5-15/h2-3,8,16H,4-7,9-10H2,1H3. The van der Waals surface area contributed by atoms with Crippen LogP contribution >= 0.6 is 0 Å². The lowest BCUT2D eigenvalue weighted by atomic mass is 10.1. The topological polar surface area (TPSA) is 59.0 Å². The van der Waals surface area contributed by atoms with Gasteiger partial charge in [0.25, 0.3) is 5.91 Å². The molecule has 0 bridgehead atoms. The molecule has 0 spiro atoms. The molecule has 5 nitrogen and oxygen atoms in total. The van der Waals surface area contributed by atoms with E-state index in [1.165, 1.54) is 0 Å². The van der Waals surface area contributed by atoms with Crippen LogP contribution in [-0.4, -0.2) is 48.8 Å². The average Bonchev–Trinajstić information content (AvgIpc) is 2.46. The smallest absolute Gasteiger partial charge is 0.260 e. The maximum atomic E-state index is 11.9. The predicted octanol–water partition coefficient (Wildman–Crippen LogP) is 0.725. The van der Waals surface area contributed by atoms with E-state index < -0.39 is 0 Å². The van der Waals surface area contributed by atoms with Crippen molar-refractivity contribution in [1.29, 1.82) is 0 Å². The largest absolute Gasteiger partial charge is 0.483 e. The van der Waals surface area contributed by atoms with Crippen molar-refractivity contribution in [3.05, 3.63) is 29.3 Å². The minimum absolute atomic E-state index is 0.00391. The van der Waals surface area contributed by atoms with Gasteiger partial charge >= 0.3 is 0 Å². The molecule has 1 saturated heterocycles. The highest BCUT2D eigenvalue weighted by atomic mass is 16.5. The second-order valence-electron chi connectivity index (χ2n) is 4.55. The molecular formula is C14H19NO4. The van der Waals surface area contributed by atoms with Crippen LogP contribution in [0, 0.1) is 6.92 Å². The normalized spacial score (nSPS) is 15.4. The van der Waals surface area contributed by atoms with E-state index in [1.807, 2.05) is 19.1 Å². The molecule has 0 saturated carbocycles. The van der Waals surface area contributed by atoms with Crippen LogP contribution in [0.2, 0.25) is 0 Å². The van der Waals surface area contributed by atoms with Crippen LogP contribution in [0.1, 0.15) is 11.1 Å². The first-order chi connectivity index (χ1) is 9.20. The summed E-state index contributed by atoms with van der Waals surface area (Å²) >= 11 is 0. The lowest BCUT2D eigenvalue weighted by Crippen LogP contribution is -2.43. The van der Waals surface area contributed by atoms with Gasteiger partial charge in [-0.25, -0.2) is 0 Å². The van der Waals surface area contributed by atoms with E-state index >= 15 is 0 Å². The van der Waals surface area contributed by atoms with Gasteiger partial charge in [0.15, 0.2) is 6.61 Å². The fourth-order valence-corrected chi connectivity index (χ4v) is 2.02. The molecule has 2 rings (SSSR count). The Bertz CT molecular complexity index is 441. The number of benzene rings is 1. The molecule has 1 fully saturated rings. The van der Waals surface area contributed by atoms with Crippen LogP contribution in [-0.2, 0) is 16.1 Å². The molecule has 0 atom stereocenters. The summed E-state index contributed by atoms with van der Waals surface area (Å²) in [5.41, 5.74) is 1.76. The summed E-state index contributed by atoms with van der Waals surface area (Å²) in [5, 5.41) is 9.26. The molecule has 0 radical (unpaired) electrons. The summed E-state index contributed by atoms with van der Waals surface area (Å²) in [6, 6.07) is 5.54. The van der Waals surface area contributed by atoms with Gasteiger partial charge in [-0.2, -0.15) is 0 Å². The minimum atomic E-state index is -0.0945. The van der Waals surface area contributed by atoms with Gasteiger partial charge in [-0.1, -0.05) is 17.7 Å². The Labute approximate surface area is 112 Å². The molecule has 1 heterocycles. The Kier molecular flexibility index (Phi) is 4.76. The second kappa shape index (κ2) is 6.54. The first-order valence-electron chi connectivity index (χ1n) is 6.39. The van der Waals surface area contributed by atoms with Crippen LogP contribution in [0.3, 0.4) is 0 Å². The molecule has 1 N–H and O–H groups in total. The number of rotatable bonds is 4. The molecule has 1 aliphatic rings. The third kappa shape index (κ3) is 3.68. The van der Waals surface area contributed by atoms with Gasteiger partial charge in [0.1, 0.15) is 5.75 Å². The average molecular weight is 265 g/mol. The van der Waals surface area contributed by atoms with Crippen molar-refractivity contribution in [2.75, 3.05) is 32.9 Å². The number of hydrogen-bond acceptors (Lipinski definition) is 4. The fourth-order valence-electron chi connectivity index (χ4n) is 2.02. The number of aliphatic hydroxyl groups excluding tert-OH is 1. The van der Waals surface area contributed by atoms with Gasteiger partial charge in [-0.3, -0.25) is 4.79 Å². The molecule has 0 unspecified atom stereocenters. The lowest BCUT2D eigenvalue weighted by molar-refractivity contribution is -0.137. The molecule has 19 heavy (non-hydrogen) atoms. The van der Waals surface area contributed by atoms with Gasteiger partial charge in [0.2, 0.25) is 0 Å². The van der Waals surface area contributed by atoms with Gasteiger partial charge in [0, 0.05) is 18.7 Å². The van der Waals surface area contributed by atoms with Gasteiger partial charge < -0.3 is 19.5 Å². The number of aliphatic hydroxyl groups is 1. The maximum absolute atomic E-state index is 11.9. The molecule has 5 heteroatoms. The van der Waals surface area contributed by atoms with Gasteiger partial charge in [0.05, 0.1) is 19.8 Å². The molecule has 0 aliphatic carbocycles. The molecule has 1 aromatic carbocycles.